The van der Waals surface area contributed by atoms with Gasteiger partial charge < -0.3 is 10.4 Å². The van der Waals surface area contributed by atoms with Crippen molar-refractivity contribution in [3.05, 3.63) is 20.8 Å². The smallest absolute Gasteiger partial charge is 0.311 e. The van der Waals surface area contributed by atoms with E-state index in [0.29, 0.717) is 19.4 Å². The predicted molar refractivity (Wildman–Crippen MR) is 63.3 cm³/mol. The van der Waals surface area contributed by atoms with Crippen LogP contribution in [0.2, 0.25) is 0 Å². The van der Waals surface area contributed by atoms with Crippen molar-refractivity contribution in [1.29, 1.82) is 0 Å². The normalized spacial score (nSPS) is 25.7. The third-order valence-electron chi connectivity index (χ3n) is 2.89. The molecule has 0 saturated carbocycles. The van der Waals surface area contributed by atoms with E-state index in [-0.39, 0.29) is 0 Å². The summed E-state index contributed by atoms with van der Waals surface area (Å²) in [6.07, 6.45) is 1.33. The van der Waals surface area contributed by atoms with Crippen molar-refractivity contribution in [3.8, 4) is 0 Å². The maximum atomic E-state index is 11.3. The number of carbonyl (C=O) groups is 1. The molecule has 3 nitrogen and oxygen atoms in total. The molecule has 15 heavy (non-hydrogen) atoms. The molecule has 1 aliphatic heterocycles. The molecule has 1 aliphatic rings. The molecule has 0 bridgehead atoms. The molecule has 0 aromatic carbocycles. The lowest BCUT2D eigenvalue weighted by molar-refractivity contribution is -0.147. The SMILES string of the molecule is O=C(O)C1(Cc2sccc2Br)CCNC1. The molecule has 0 radical (unpaired) electrons. The Morgan fingerprint density at radius 2 is 2.53 bits per heavy atom. The van der Waals surface area contributed by atoms with E-state index in [1.165, 1.54) is 0 Å². The van der Waals surface area contributed by atoms with Crippen LogP contribution in [0.1, 0.15) is 11.3 Å². The van der Waals surface area contributed by atoms with Gasteiger partial charge in [-0.2, -0.15) is 0 Å². The number of hydrogen-bond donors (Lipinski definition) is 2. The van der Waals surface area contributed by atoms with Crippen molar-refractivity contribution in [2.75, 3.05) is 13.1 Å². The predicted octanol–water partition coefficient (Wildman–Crippen LogP) is 2.12. The standard InChI is InChI=1S/C10H12BrNO2S/c11-7-1-4-15-8(7)5-10(9(13)14)2-3-12-6-10/h1,4,12H,2-3,5-6H2,(H,13,14). The minimum absolute atomic E-state index is 0.576. The van der Waals surface area contributed by atoms with Crippen LogP contribution in [0, 0.1) is 5.41 Å². The van der Waals surface area contributed by atoms with Gasteiger partial charge in [0, 0.05) is 22.3 Å². The van der Waals surface area contributed by atoms with Crippen LogP contribution < -0.4 is 5.32 Å². The average molecular weight is 290 g/mol. The van der Waals surface area contributed by atoms with Gasteiger partial charge in [0.15, 0.2) is 0 Å². The van der Waals surface area contributed by atoms with Crippen molar-refractivity contribution in [2.24, 2.45) is 5.41 Å². The Morgan fingerprint density at radius 3 is 3.00 bits per heavy atom. The molecule has 82 valence electrons. The number of thiophene rings is 1. The molecule has 0 amide bonds. The number of hydrogen-bond acceptors (Lipinski definition) is 3. The maximum Gasteiger partial charge on any atom is 0.311 e. The first-order chi connectivity index (χ1) is 7.14. The van der Waals surface area contributed by atoms with E-state index < -0.39 is 11.4 Å². The van der Waals surface area contributed by atoms with Crippen LogP contribution in [-0.2, 0) is 11.2 Å². The lowest BCUT2D eigenvalue weighted by Gasteiger charge is -2.22. The van der Waals surface area contributed by atoms with Gasteiger partial charge in [-0.1, -0.05) is 0 Å². The van der Waals surface area contributed by atoms with E-state index in [1.54, 1.807) is 11.3 Å². The second-order valence-corrected chi connectivity index (χ2v) is 5.74. The minimum atomic E-state index is -0.687. The maximum absolute atomic E-state index is 11.3. The van der Waals surface area contributed by atoms with Gasteiger partial charge in [-0.05, 0) is 40.3 Å². The molecule has 2 N–H and O–H groups in total. The van der Waals surface area contributed by atoms with Crippen LogP contribution in [-0.4, -0.2) is 24.2 Å². The zero-order valence-corrected chi connectivity index (χ0v) is 10.5. The second kappa shape index (κ2) is 4.23. The van der Waals surface area contributed by atoms with E-state index in [1.807, 2.05) is 11.4 Å². The highest BCUT2D eigenvalue weighted by molar-refractivity contribution is 9.10. The van der Waals surface area contributed by atoms with Crippen LogP contribution in [0.4, 0.5) is 0 Å². The Hall–Kier alpha value is -0.390. The average Bonchev–Trinajstić information content (AvgIpc) is 2.78. The summed E-state index contributed by atoms with van der Waals surface area (Å²) in [5.41, 5.74) is -0.604. The summed E-state index contributed by atoms with van der Waals surface area (Å²) in [6, 6.07) is 1.97. The number of rotatable bonds is 3. The quantitative estimate of drug-likeness (QED) is 0.896. The molecule has 5 heteroatoms. The topological polar surface area (TPSA) is 49.3 Å². The van der Waals surface area contributed by atoms with Crippen molar-refractivity contribution in [2.45, 2.75) is 12.8 Å². The molecule has 1 atom stereocenters. The lowest BCUT2D eigenvalue weighted by Crippen LogP contribution is -2.35. The lowest BCUT2D eigenvalue weighted by atomic mass is 9.83. The highest BCUT2D eigenvalue weighted by Crippen LogP contribution is 2.35. The summed E-state index contributed by atoms with van der Waals surface area (Å²) < 4.78 is 1.03. The molecule has 0 spiro atoms. The third kappa shape index (κ3) is 2.09. The Balaban J connectivity index is 2.21. The fourth-order valence-electron chi connectivity index (χ4n) is 1.91. The van der Waals surface area contributed by atoms with Crippen molar-refractivity contribution >= 4 is 33.2 Å². The molecular formula is C10H12BrNO2S. The van der Waals surface area contributed by atoms with E-state index in [0.717, 1.165) is 15.9 Å². The van der Waals surface area contributed by atoms with E-state index in [4.69, 9.17) is 0 Å². The van der Waals surface area contributed by atoms with Crippen LogP contribution in [0.15, 0.2) is 15.9 Å². The van der Waals surface area contributed by atoms with Gasteiger partial charge >= 0.3 is 5.97 Å². The minimum Gasteiger partial charge on any atom is -0.481 e. The summed E-state index contributed by atoms with van der Waals surface area (Å²) in [5, 5.41) is 14.4. The first-order valence-electron chi connectivity index (χ1n) is 4.80. The zero-order valence-electron chi connectivity index (χ0n) is 8.12. The highest BCUT2D eigenvalue weighted by Gasteiger charge is 2.41. The molecule has 0 aliphatic carbocycles. The molecule has 2 rings (SSSR count). The van der Waals surface area contributed by atoms with Crippen LogP contribution >= 0.6 is 27.3 Å². The Bertz CT molecular complexity index is 371. The molecule has 1 saturated heterocycles. The van der Waals surface area contributed by atoms with Gasteiger partial charge in [-0.25, -0.2) is 0 Å². The molecule has 1 aromatic rings. The van der Waals surface area contributed by atoms with Gasteiger partial charge in [0.2, 0.25) is 0 Å². The monoisotopic (exact) mass is 289 g/mol. The largest absolute Gasteiger partial charge is 0.481 e. The van der Waals surface area contributed by atoms with Gasteiger partial charge in [0.1, 0.15) is 0 Å². The van der Waals surface area contributed by atoms with E-state index in [9.17, 15) is 9.90 Å². The van der Waals surface area contributed by atoms with Crippen molar-refractivity contribution in [1.82, 2.24) is 5.32 Å². The molecule has 1 fully saturated rings. The first-order valence-corrected chi connectivity index (χ1v) is 6.47. The summed E-state index contributed by atoms with van der Waals surface area (Å²) in [5.74, 6) is -0.687. The molecule has 1 aromatic heterocycles. The van der Waals surface area contributed by atoms with Gasteiger partial charge in [0.05, 0.1) is 5.41 Å². The fourth-order valence-corrected chi connectivity index (χ4v) is 3.55. The summed E-state index contributed by atoms with van der Waals surface area (Å²) >= 11 is 5.06. The number of nitrogens with one attached hydrogen (secondary N) is 1. The van der Waals surface area contributed by atoms with Crippen molar-refractivity contribution in [3.63, 3.8) is 0 Å². The van der Waals surface area contributed by atoms with Crippen LogP contribution in [0.5, 0.6) is 0 Å². The number of aliphatic carboxylic acids is 1. The summed E-state index contributed by atoms with van der Waals surface area (Å²) in [7, 11) is 0. The third-order valence-corrected chi connectivity index (χ3v) is 4.81. The summed E-state index contributed by atoms with van der Waals surface area (Å²) in [6.45, 7) is 1.38. The van der Waals surface area contributed by atoms with Gasteiger partial charge in [-0.15, -0.1) is 11.3 Å². The fraction of sp³-hybridized carbons (Fsp3) is 0.500. The zero-order chi connectivity index (χ0) is 10.9. The van der Waals surface area contributed by atoms with Crippen LogP contribution in [0.3, 0.4) is 0 Å². The Morgan fingerprint density at radius 1 is 1.73 bits per heavy atom. The number of carboxylic acids is 1. The number of halogens is 1. The molecular weight excluding hydrogens is 278 g/mol. The van der Waals surface area contributed by atoms with E-state index in [2.05, 4.69) is 21.2 Å². The molecule has 2 heterocycles. The number of carboxylic acid groups (broad SMARTS) is 1. The Labute approximate surface area is 101 Å². The van der Waals surface area contributed by atoms with Gasteiger partial charge in [-0.3, -0.25) is 4.79 Å². The first kappa shape index (κ1) is 11.1. The molecule has 1 unspecified atom stereocenters. The van der Waals surface area contributed by atoms with E-state index >= 15 is 0 Å². The Kier molecular flexibility index (Phi) is 3.13. The summed E-state index contributed by atoms with van der Waals surface area (Å²) in [4.78, 5) is 12.4. The highest BCUT2D eigenvalue weighted by atomic mass is 79.9. The van der Waals surface area contributed by atoms with Gasteiger partial charge in [0.25, 0.3) is 0 Å². The second-order valence-electron chi connectivity index (χ2n) is 3.88. The van der Waals surface area contributed by atoms with Crippen LogP contribution in [0.25, 0.3) is 0 Å². The van der Waals surface area contributed by atoms with Crippen molar-refractivity contribution < 1.29 is 9.90 Å².